The number of aromatic nitrogens is 3. The van der Waals surface area contributed by atoms with Gasteiger partial charge < -0.3 is 5.73 Å². The van der Waals surface area contributed by atoms with Crippen LogP contribution in [-0.4, -0.2) is 20.4 Å². The third-order valence-corrected chi connectivity index (χ3v) is 3.03. The summed E-state index contributed by atoms with van der Waals surface area (Å²) in [5.74, 6) is 0.302. The lowest BCUT2D eigenvalue weighted by Crippen LogP contribution is -2.04. The molecule has 0 aliphatic heterocycles. The zero-order valence-electron chi connectivity index (χ0n) is 10.4. The van der Waals surface area contributed by atoms with Gasteiger partial charge in [-0.25, -0.2) is 9.50 Å². The molecule has 0 bridgehead atoms. The molecule has 0 fully saturated rings. The van der Waals surface area contributed by atoms with Crippen LogP contribution in [0.3, 0.4) is 0 Å². The van der Waals surface area contributed by atoms with Crippen molar-refractivity contribution < 1.29 is 4.79 Å². The van der Waals surface area contributed by atoms with Gasteiger partial charge in [0.1, 0.15) is 17.5 Å². The van der Waals surface area contributed by atoms with E-state index in [2.05, 4.69) is 10.1 Å². The van der Waals surface area contributed by atoms with Gasteiger partial charge in [-0.2, -0.15) is 5.10 Å². The van der Waals surface area contributed by atoms with E-state index in [1.807, 2.05) is 30.3 Å². The van der Waals surface area contributed by atoms with Crippen molar-refractivity contribution in [2.24, 2.45) is 0 Å². The van der Waals surface area contributed by atoms with Crippen molar-refractivity contribution in [3.63, 3.8) is 0 Å². The van der Waals surface area contributed by atoms with E-state index in [9.17, 15) is 4.79 Å². The molecular formula is C14H12N4O. The molecule has 0 aliphatic rings. The molecule has 19 heavy (non-hydrogen) atoms. The van der Waals surface area contributed by atoms with E-state index in [1.165, 1.54) is 13.3 Å². The second kappa shape index (κ2) is 4.20. The molecule has 0 amide bonds. The number of carbonyl (C=O) groups is 1. The van der Waals surface area contributed by atoms with E-state index >= 15 is 0 Å². The number of hydrogen-bond donors (Lipinski definition) is 1. The summed E-state index contributed by atoms with van der Waals surface area (Å²) < 4.78 is 1.55. The number of carbonyl (C=O) groups excluding carboxylic acids is 1. The van der Waals surface area contributed by atoms with Crippen LogP contribution in [0, 0.1) is 0 Å². The third-order valence-electron chi connectivity index (χ3n) is 3.03. The van der Waals surface area contributed by atoms with Crippen LogP contribution in [0.5, 0.6) is 0 Å². The molecule has 5 heteroatoms. The highest BCUT2D eigenvalue weighted by Crippen LogP contribution is 2.30. The summed E-state index contributed by atoms with van der Waals surface area (Å²) in [5.41, 5.74) is 8.94. The van der Waals surface area contributed by atoms with Crippen molar-refractivity contribution in [2.75, 3.05) is 5.73 Å². The summed E-state index contributed by atoms with van der Waals surface area (Å²) in [5, 5.41) is 4.11. The van der Waals surface area contributed by atoms with Crippen LogP contribution in [-0.2, 0) is 0 Å². The maximum atomic E-state index is 11.7. The first-order chi connectivity index (χ1) is 9.18. The van der Waals surface area contributed by atoms with E-state index in [-0.39, 0.29) is 5.78 Å². The second-order valence-electron chi connectivity index (χ2n) is 4.27. The molecule has 94 valence electrons. The van der Waals surface area contributed by atoms with Crippen LogP contribution in [0.15, 0.2) is 42.7 Å². The Balaban J connectivity index is 2.40. The number of nitrogens with zero attached hydrogens (tertiary/aromatic N) is 3. The lowest BCUT2D eigenvalue weighted by Gasteiger charge is -2.02. The van der Waals surface area contributed by atoms with Crippen molar-refractivity contribution in [3.8, 4) is 11.1 Å². The number of hydrogen-bond acceptors (Lipinski definition) is 4. The highest BCUT2D eigenvalue weighted by atomic mass is 16.1. The quantitative estimate of drug-likeness (QED) is 0.709. The Labute approximate surface area is 109 Å². The normalized spacial score (nSPS) is 10.8. The molecule has 0 radical (unpaired) electrons. The molecule has 2 heterocycles. The van der Waals surface area contributed by atoms with Gasteiger partial charge in [0, 0.05) is 12.5 Å². The van der Waals surface area contributed by atoms with Crippen LogP contribution in [0.4, 0.5) is 5.82 Å². The number of benzene rings is 1. The predicted molar refractivity (Wildman–Crippen MR) is 72.8 cm³/mol. The molecule has 0 spiro atoms. The van der Waals surface area contributed by atoms with E-state index < -0.39 is 0 Å². The molecule has 2 N–H and O–H groups in total. The minimum Gasteiger partial charge on any atom is -0.382 e. The van der Waals surface area contributed by atoms with Gasteiger partial charge in [-0.05, 0) is 11.6 Å². The maximum absolute atomic E-state index is 11.7. The number of nitrogen functional groups attached to an aromatic ring is 1. The second-order valence-corrected chi connectivity index (χ2v) is 4.27. The first-order valence-corrected chi connectivity index (χ1v) is 5.87. The van der Waals surface area contributed by atoms with Gasteiger partial charge in [0.2, 0.25) is 0 Å². The minimum atomic E-state index is -0.0599. The molecule has 0 saturated carbocycles. The Bertz CT molecular complexity index is 762. The molecule has 3 aromatic rings. The summed E-state index contributed by atoms with van der Waals surface area (Å²) in [6.45, 7) is 1.51. The van der Waals surface area contributed by atoms with Crippen LogP contribution >= 0.6 is 0 Å². The fraction of sp³-hybridized carbons (Fsp3) is 0.0714. The number of nitrogens with two attached hydrogens (primary N) is 1. The molecule has 0 saturated heterocycles. The summed E-state index contributed by atoms with van der Waals surface area (Å²) in [4.78, 5) is 15.7. The zero-order chi connectivity index (χ0) is 13.4. The minimum absolute atomic E-state index is 0.0599. The smallest absolute Gasteiger partial charge is 0.178 e. The van der Waals surface area contributed by atoms with E-state index in [1.54, 1.807) is 10.6 Å². The molecule has 0 atom stereocenters. The molecule has 5 nitrogen and oxygen atoms in total. The highest BCUT2D eigenvalue weighted by Gasteiger charge is 2.16. The van der Waals surface area contributed by atoms with Crippen LogP contribution in [0.1, 0.15) is 17.4 Å². The topological polar surface area (TPSA) is 73.3 Å². The van der Waals surface area contributed by atoms with Crippen molar-refractivity contribution in [3.05, 3.63) is 48.4 Å². The standard InChI is InChI=1S/C14H12N4O/c1-9(19)12-7-11(10-5-3-2-4-6-10)13-14(15)16-8-17-18(12)13/h2-8H,1H3,(H2,15,16,17). The van der Waals surface area contributed by atoms with Gasteiger partial charge in [-0.1, -0.05) is 30.3 Å². The average molecular weight is 252 g/mol. The van der Waals surface area contributed by atoms with Crippen molar-refractivity contribution in [2.45, 2.75) is 6.92 Å². The van der Waals surface area contributed by atoms with Crippen LogP contribution in [0.25, 0.3) is 16.6 Å². The van der Waals surface area contributed by atoms with Crippen molar-refractivity contribution in [1.82, 2.24) is 14.6 Å². The number of rotatable bonds is 2. The SMILES string of the molecule is CC(=O)c1cc(-c2ccccc2)c2c(N)ncnn12. The van der Waals surface area contributed by atoms with E-state index in [0.29, 0.717) is 17.0 Å². The summed E-state index contributed by atoms with van der Waals surface area (Å²) in [7, 11) is 0. The van der Waals surface area contributed by atoms with Crippen molar-refractivity contribution in [1.29, 1.82) is 0 Å². The fourth-order valence-corrected chi connectivity index (χ4v) is 2.16. The van der Waals surface area contributed by atoms with Gasteiger partial charge in [0.15, 0.2) is 11.6 Å². The lowest BCUT2D eigenvalue weighted by molar-refractivity contribution is 0.101. The number of Topliss-reactive ketones (excluding diaryl/α,β-unsaturated/α-hetero) is 1. The Kier molecular flexibility index (Phi) is 2.52. The molecule has 2 aromatic heterocycles. The average Bonchev–Trinajstić information content (AvgIpc) is 2.81. The zero-order valence-corrected chi connectivity index (χ0v) is 10.4. The van der Waals surface area contributed by atoms with Gasteiger partial charge in [0.05, 0.1) is 0 Å². The Morgan fingerprint density at radius 1 is 1.26 bits per heavy atom. The monoisotopic (exact) mass is 252 g/mol. The number of fused-ring (bicyclic) bond motifs is 1. The Morgan fingerprint density at radius 2 is 2.00 bits per heavy atom. The van der Waals surface area contributed by atoms with Crippen molar-refractivity contribution >= 4 is 17.1 Å². The Hall–Kier alpha value is -2.69. The molecule has 0 unspecified atom stereocenters. The van der Waals surface area contributed by atoms with Gasteiger partial charge in [-0.15, -0.1) is 0 Å². The summed E-state index contributed by atoms with van der Waals surface area (Å²) in [6, 6.07) is 11.5. The number of anilines is 1. The molecular weight excluding hydrogens is 240 g/mol. The van der Waals surface area contributed by atoms with E-state index in [0.717, 1.165) is 11.1 Å². The van der Waals surface area contributed by atoms with Crippen LogP contribution < -0.4 is 5.73 Å². The van der Waals surface area contributed by atoms with Gasteiger partial charge in [0.25, 0.3) is 0 Å². The first kappa shape index (κ1) is 11.4. The largest absolute Gasteiger partial charge is 0.382 e. The van der Waals surface area contributed by atoms with Gasteiger partial charge >= 0.3 is 0 Å². The van der Waals surface area contributed by atoms with Crippen LogP contribution in [0.2, 0.25) is 0 Å². The van der Waals surface area contributed by atoms with E-state index in [4.69, 9.17) is 5.73 Å². The maximum Gasteiger partial charge on any atom is 0.178 e. The fourth-order valence-electron chi connectivity index (χ4n) is 2.16. The molecule has 3 rings (SSSR count). The summed E-state index contributed by atoms with van der Waals surface area (Å²) in [6.07, 6.45) is 1.35. The highest BCUT2D eigenvalue weighted by molar-refractivity contribution is 5.99. The molecule has 1 aromatic carbocycles. The number of ketones is 1. The van der Waals surface area contributed by atoms with Gasteiger partial charge in [-0.3, -0.25) is 4.79 Å². The third kappa shape index (κ3) is 1.76. The Morgan fingerprint density at radius 3 is 2.68 bits per heavy atom. The summed E-state index contributed by atoms with van der Waals surface area (Å²) >= 11 is 0. The predicted octanol–water partition coefficient (Wildman–Crippen LogP) is 2.18. The molecule has 0 aliphatic carbocycles. The first-order valence-electron chi connectivity index (χ1n) is 5.87. The lowest BCUT2D eigenvalue weighted by atomic mass is 10.1.